The molecular weight excluding hydrogens is 621 g/mol. The Hall–Kier alpha value is -4.44. The lowest BCUT2D eigenvalue weighted by Crippen LogP contribution is -2.41. The van der Waals surface area contributed by atoms with Crippen molar-refractivity contribution in [3.63, 3.8) is 0 Å². The van der Waals surface area contributed by atoms with E-state index in [-0.39, 0.29) is 0 Å². The number of para-hydroxylation sites is 2. The molecule has 16 rings (SSSR count). The average Bonchev–Trinajstić information content (AvgIpc) is 3.88. The van der Waals surface area contributed by atoms with Crippen LogP contribution in [-0.4, -0.2) is 18.9 Å². The first-order chi connectivity index (χ1) is 25.2. The first-order valence-corrected chi connectivity index (χ1v) is 20.2. The lowest BCUT2D eigenvalue weighted by Gasteiger charge is -2.48. The van der Waals surface area contributed by atoms with Crippen molar-refractivity contribution in [3.05, 3.63) is 95.6 Å². The maximum atomic E-state index is 5.55. The van der Waals surface area contributed by atoms with E-state index in [1.807, 2.05) is 0 Å². The van der Waals surface area contributed by atoms with E-state index in [1.54, 1.807) is 11.1 Å². The Morgan fingerprint density at radius 2 is 1.22 bits per heavy atom. The van der Waals surface area contributed by atoms with Crippen molar-refractivity contribution < 1.29 is 0 Å². The summed E-state index contributed by atoms with van der Waals surface area (Å²) in [6.45, 7) is 0. The highest BCUT2D eigenvalue weighted by Gasteiger charge is 2.66. The molecule has 0 aliphatic heterocycles. The molecule has 7 unspecified atom stereocenters. The predicted molar refractivity (Wildman–Crippen MR) is 205 cm³/mol. The number of nitrogens with zero attached hydrogens (tertiary/aromatic N) is 4. The highest BCUT2D eigenvalue weighted by atomic mass is 15.0. The van der Waals surface area contributed by atoms with Crippen LogP contribution in [0.1, 0.15) is 110 Å². The second kappa shape index (κ2) is 8.44. The van der Waals surface area contributed by atoms with Crippen LogP contribution in [0.15, 0.2) is 73.1 Å². The Balaban J connectivity index is 1.19. The average molecular weight is 661 g/mol. The third-order valence-corrected chi connectivity index (χ3v) is 16.7. The van der Waals surface area contributed by atoms with Gasteiger partial charge in [-0.05, 0) is 141 Å². The zero-order valence-corrected chi connectivity index (χ0v) is 28.9. The Bertz CT molecular complexity index is 2880. The fourth-order valence-corrected chi connectivity index (χ4v) is 15.3. The minimum Gasteiger partial charge on any atom is -0.309 e. The van der Waals surface area contributed by atoms with Crippen molar-refractivity contribution in [1.29, 1.82) is 0 Å². The largest absolute Gasteiger partial charge is 0.309 e. The molecule has 0 saturated heterocycles. The van der Waals surface area contributed by atoms with Crippen LogP contribution >= 0.6 is 0 Å². The zero-order chi connectivity index (χ0) is 32.5. The Morgan fingerprint density at radius 3 is 2.06 bits per heavy atom. The molecular formula is C47H40N4. The van der Waals surface area contributed by atoms with Crippen molar-refractivity contribution >= 4 is 59.9 Å². The maximum Gasteiger partial charge on any atom is 0.0729 e. The number of hydrogen-bond acceptors (Lipinski definition) is 2. The van der Waals surface area contributed by atoms with Gasteiger partial charge in [-0.2, -0.15) is 0 Å². The van der Waals surface area contributed by atoms with Crippen LogP contribution in [0.25, 0.3) is 65.6 Å². The molecule has 248 valence electrons. The van der Waals surface area contributed by atoms with Gasteiger partial charge in [0.15, 0.2) is 0 Å². The first-order valence-electron chi connectivity index (χ1n) is 20.2. The molecule has 8 aromatic rings. The summed E-state index contributed by atoms with van der Waals surface area (Å²) in [7, 11) is 0. The normalized spacial score (nSPS) is 34.0. The second-order valence-corrected chi connectivity index (χ2v) is 18.6. The van der Waals surface area contributed by atoms with Gasteiger partial charge in [-0.1, -0.05) is 36.4 Å². The van der Waals surface area contributed by atoms with Gasteiger partial charge in [-0.15, -0.1) is 0 Å². The van der Waals surface area contributed by atoms with Gasteiger partial charge in [0.25, 0.3) is 0 Å². The van der Waals surface area contributed by atoms with Crippen LogP contribution in [-0.2, 0) is 0 Å². The lowest BCUT2D eigenvalue weighted by atomic mass is 9.56. The summed E-state index contributed by atoms with van der Waals surface area (Å²) in [5.41, 5.74) is 14.8. The Kier molecular flexibility index (Phi) is 4.36. The van der Waals surface area contributed by atoms with Crippen LogP contribution in [0.5, 0.6) is 0 Å². The van der Waals surface area contributed by atoms with Gasteiger partial charge in [0.2, 0.25) is 0 Å². The molecule has 0 N–H and O–H groups in total. The fraction of sp³-hybridized carbons (Fsp3) is 0.404. The van der Waals surface area contributed by atoms with E-state index in [0.717, 1.165) is 23.7 Å². The first kappa shape index (κ1) is 26.4. The number of benzene rings is 3. The standard InChI is InChI=1S/C47H40N4/c1-2-6-31(7-3-1)50-35-9-5-4-8-32(35)33-18-34-40-36(21-49-44-28-16-30-17-29-15-27(39(40)44)19-47(29,30)20-28)51-37-22-48-43-26-13-23-10-24(14-26)12-25(11-23)38(43)41(37)42(45(33)50)46(34)51/h1-9,18,21-30H,10-17,19-20H2. The monoisotopic (exact) mass is 660 g/mol. The molecule has 3 aromatic carbocycles. The van der Waals surface area contributed by atoms with Crippen molar-refractivity contribution in [3.8, 4) is 5.69 Å². The van der Waals surface area contributed by atoms with Gasteiger partial charge >= 0.3 is 0 Å². The fourth-order valence-electron chi connectivity index (χ4n) is 15.3. The summed E-state index contributed by atoms with van der Waals surface area (Å²) in [6.07, 6.45) is 18.5. The van der Waals surface area contributed by atoms with E-state index in [4.69, 9.17) is 9.97 Å². The molecule has 4 nitrogen and oxygen atoms in total. The van der Waals surface area contributed by atoms with E-state index < -0.39 is 0 Å². The van der Waals surface area contributed by atoms with Crippen LogP contribution in [0.4, 0.5) is 0 Å². The van der Waals surface area contributed by atoms with E-state index in [2.05, 4.69) is 82.0 Å². The van der Waals surface area contributed by atoms with Crippen LogP contribution in [0.3, 0.4) is 0 Å². The minimum absolute atomic E-state index is 0.612. The highest BCUT2D eigenvalue weighted by Crippen LogP contribution is 2.76. The van der Waals surface area contributed by atoms with E-state index in [9.17, 15) is 0 Å². The van der Waals surface area contributed by atoms with Crippen molar-refractivity contribution in [2.45, 2.75) is 87.9 Å². The number of fused-ring (bicyclic) bond motifs is 16. The Labute approximate surface area is 296 Å². The smallest absolute Gasteiger partial charge is 0.0729 e. The van der Waals surface area contributed by atoms with Gasteiger partial charge in [0, 0.05) is 61.2 Å². The third kappa shape index (κ3) is 2.84. The summed E-state index contributed by atoms with van der Waals surface area (Å²) in [5.74, 6) is 6.14. The van der Waals surface area contributed by atoms with Crippen LogP contribution in [0, 0.1) is 29.1 Å². The van der Waals surface area contributed by atoms with Crippen molar-refractivity contribution in [1.82, 2.24) is 18.9 Å². The molecule has 0 radical (unpaired) electrons. The molecule has 5 aromatic heterocycles. The third-order valence-electron chi connectivity index (χ3n) is 16.7. The lowest BCUT2D eigenvalue weighted by molar-refractivity contribution is 0.00321. The zero-order valence-electron chi connectivity index (χ0n) is 28.9. The van der Waals surface area contributed by atoms with Crippen molar-refractivity contribution in [2.75, 3.05) is 0 Å². The van der Waals surface area contributed by atoms with Gasteiger partial charge in [-0.25, -0.2) is 0 Å². The highest BCUT2D eigenvalue weighted by molar-refractivity contribution is 6.35. The second-order valence-electron chi connectivity index (χ2n) is 18.6. The summed E-state index contributed by atoms with van der Waals surface area (Å²) in [4.78, 5) is 11.1. The van der Waals surface area contributed by atoms with Gasteiger partial charge in [0.05, 0.1) is 40.0 Å². The summed E-state index contributed by atoms with van der Waals surface area (Å²) < 4.78 is 5.28. The maximum absolute atomic E-state index is 5.55. The van der Waals surface area contributed by atoms with Crippen molar-refractivity contribution in [2.24, 2.45) is 29.1 Å². The minimum atomic E-state index is 0.612. The molecule has 8 aliphatic carbocycles. The number of rotatable bonds is 1. The molecule has 51 heavy (non-hydrogen) atoms. The number of pyridine rings is 2. The van der Waals surface area contributed by atoms with E-state index in [1.165, 1.54) is 141 Å². The van der Waals surface area contributed by atoms with E-state index >= 15 is 0 Å². The van der Waals surface area contributed by atoms with E-state index in [0.29, 0.717) is 29.1 Å². The van der Waals surface area contributed by atoms with Gasteiger partial charge < -0.3 is 8.97 Å². The SMILES string of the molecule is c1ccc(-n2c3ccccc3c3cc4c5c6c(ncc5n5c7cnc8c(c7c(c32)c45)C2CC3CC(CC8C3)C2)C2CC3CC4CC6CC34C2)cc1. The number of aromatic nitrogens is 4. The predicted octanol–water partition coefficient (Wildman–Crippen LogP) is 11.5. The summed E-state index contributed by atoms with van der Waals surface area (Å²) in [5, 5.41) is 8.76. The van der Waals surface area contributed by atoms with Gasteiger partial charge in [-0.3, -0.25) is 9.97 Å². The summed E-state index contributed by atoms with van der Waals surface area (Å²) in [6, 6.07) is 23.0. The summed E-state index contributed by atoms with van der Waals surface area (Å²) >= 11 is 0. The molecule has 5 heterocycles. The molecule has 0 amide bonds. The quantitative estimate of drug-likeness (QED) is 0.176. The molecule has 7 atom stereocenters. The topological polar surface area (TPSA) is 35.1 Å². The van der Waals surface area contributed by atoms with Crippen LogP contribution < -0.4 is 0 Å². The van der Waals surface area contributed by atoms with Gasteiger partial charge in [0.1, 0.15) is 0 Å². The molecule has 8 aliphatic rings. The molecule has 5 fully saturated rings. The number of hydrogen-bond donors (Lipinski definition) is 0. The molecule has 4 heteroatoms. The van der Waals surface area contributed by atoms with Crippen LogP contribution in [0.2, 0.25) is 0 Å². The molecule has 1 spiro atoms. The Morgan fingerprint density at radius 1 is 0.529 bits per heavy atom. The molecule has 7 bridgehead atoms. The molecule has 5 saturated carbocycles.